The lowest BCUT2D eigenvalue weighted by atomic mass is 9.92. The van der Waals surface area contributed by atoms with Gasteiger partial charge >= 0.3 is 12.1 Å². The minimum absolute atomic E-state index is 0.283. The van der Waals surface area contributed by atoms with Gasteiger partial charge in [-0.15, -0.1) is 0 Å². The van der Waals surface area contributed by atoms with E-state index in [0.29, 0.717) is 39.5 Å². The number of aryl methyl sites for hydroxylation is 1. The number of alkyl halides is 3. The Labute approximate surface area is 245 Å². The second-order valence-corrected chi connectivity index (χ2v) is 10.6. The fourth-order valence-electron chi connectivity index (χ4n) is 4.64. The van der Waals surface area contributed by atoms with E-state index < -0.39 is 35.8 Å². The van der Waals surface area contributed by atoms with E-state index in [2.05, 4.69) is 5.32 Å². The molecule has 0 radical (unpaired) electrons. The number of hydrogen-bond donors (Lipinski definition) is 2. The second kappa shape index (κ2) is 13.3. The number of ether oxygens (including phenoxy) is 1. The molecule has 42 heavy (non-hydrogen) atoms. The number of benzene rings is 3. The molecule has 0 aliphatic heterocycles. The molecule has 0 aliphatic rings. The van der Waals surface area contributed by atoms with Crippen molar-refractivity contribution < 1.29 is 37.0 Å². The van der Waals surface area contributed by atoms with Gasteiger partial charge in [-0.25, -0.2) is 4.79 Å². The number of carboxylic acid groups (broad SMARTS) is 1. The number of halogens is 3. The first kappa shape index (κ1) is 30.9. The summed E-state index contributed by atoms with van der Waals surface area (Å²) < 4.78 is 50.7. The second-order valence-electron chi connectivity index (χ2n) is 9.66. The highest BCUT2D eigenvalue weighted by molar-refractivity contribution is 7.98. The molecule has 2 N–H and O–H groups in total. The van der Waals surface area contributed by atoms with Crippen LogP contribution in [0.1, 0.15) is 45.3 Å². The molecule has 0 spiro atoms. The standard InChI is InChI=1S/C32H30F3NO5S/c1-19-6-4-5-7-23(19)25-18-21(10-13-24(25)30(37)36-26(31(38)39)16-17-42-3)29(40-2)28-15-14-27(41-28)20-8-11-22(12-9-20)32(33,34)35/h4-15,18,26,29H,16-17H2,1-3H3,(H,36,37)(H,38,39). The molecule has 1 amide bonds. The van der Waals surface area contributed by atoms with Crippen LogP contribution in [0.3, 0.4) is 0 Å². The zero-order chi connectivity index (χ0) is 30.4. The van der Waals surface area contributed by atoms with E-state index in [1.165, 1.54) is 31.0 Å². The summed E-state index contributed by atoms with van der Waals surface area (Å²) in [5.74, 6) is -0.241. The van der Waals surface area contributed by atoms with Crippen molar-refractivity contribution in [2.75, 3.05) is 19.1 Å². The number of nitrogens with one attached hydrogen (secondary N) is 1. The third-order valence-electron chi connectivity index (χ3n) is 6.86. The molecule has 2 atom stereocenters. The van der Waals surface area contributed by atoms with E-state index in [-0.39, 0.29) is 6.42 Å². The van der Waals surface area contributed by atoms with Gasteiger partial charge in [0.1, 0.15) is 23.7 Å². The number of aliphatic carboxylic acids is 1. The van der Waals surface area contributed by atoms with Crippen molar-refractivity contribution in [2.24, 2.45) is 0 Å². The summed E-state index contributed by atoms with van der Waals surface area (Å²) in [5, 5.41) is 12.3. The number of thioether (sulfide) groups is 1. The Morgan fingerprint density at radius 1 is 1.00 bits per heavy atom. The highest BCUT2D eigenvalue weighted by Crippen LogP contribution is 2.36. The monoisotopic (exact) mass is 597 g/mol. The Hall–Kier alpha value is -4.02. The van der Waals surface area contributed by atoms with Crippen LogP contribution >= 0.6 is 11.8 Å². The molecule has 4 aromatic rings. The number of rotatable bonds is 11. The first-order valence-corrected chi connectivity index (χ1v) is 14.5. The van der Waals surface area contributed by atoms with E-state index in [1.54, 1.807) is 24.3 Å². The number of hydrogen-bond acceptors (Lipinski definition) is 5. The molecule has 0 aliphatic carbocycles. The van der Waals surface area contributed by atoms with Crippen molar-refractivity contribution in [3.8, 4) is 22.5 Å². The molecule has 2 unspecified atom stereocenters. The average Bonchev–Trinajstić information content (AvgIpc) is 3.45. The average molecular weight is 598 g/mol. The van der Waals surface area contributed by atoms with Crippen molar-refractivity contribution in [2.45, 2.75) is 31.7 Å². The lowest BCUT2D eigenvalue weighted by Gasteiger charge is -2.19. The van der Waals surface area contributed by atoms with Crippen molar-refractivity contribution >= 4 is 23.6 Å². The number of carbonyl (C=O) groups excluding carboxylic acids is 1. The van der Waals surface area contributed by atoms with Gasteiger partial charge in [0, 0.05) is 18.2 Å². The van der Waals surface area contributed by atoms with Gasteiger partial charge in [-0.05, 0) is 84.0 Å². The topological polar surface area (TPSA) is 88.8 Å². The molecule has 6 nitrogen and oxygen atoms in total. The summed E-state index contributed by atoms with van der Waals surface area (Å²) in [6.45, 7) is 1.92. The number of methoxy groups -OCH3 is 1. The van der Waals surface area contributed by atoms with Crippen molar-refractivity contribution in [1.29, 1.82) is 0 Å². The first-order valence-electron chi connectivity index (χ1n) is 13.1. The van der Waals surface area contributed by atoms with Crippen molar-refractivity contribution in [3.05, 3.63) is 107 Å². The van der Waals surface area contributed by atoms with Crippen LogP contribution in [0, 0.1) is 6.92 Å². The van der Waals surface area contributed by atoms with Gasteiger partial charge < -0.3 is 19.6 Å². The molecule has 0 saturated heterocycles. The predicted molar refractivity (Wildman–Crippen MR) is 157 cm³/mol. The van der Waals surface area contributed by atoms with Crippen LogP contribution in [0.4, 0.5) is 13.2 Å². The maximum absolute atomic E-state index is 13.4. The van der Waals surface area contributed by atoms with E-state index in [1.807, 2.05) is 43.5 Å². The molecular weight excluding hydrogens is 567 g/mol. The molecular formula is C32H30F3NO5S. The van der Waals surface area contributed by atoms with Crippen molar-refractivity contribution in [3.63, 3.8) is 0 Å². The van der Waals surface area contributed by atoms with Crippen LogP contribution in [0.5, 0.6) is 0 Å². The van der Waals surface area contributed by atoms with Crippen LogP contribution in [-0.4, -0.2) is 42.1 Å². The lowest BCUT2D eigenvalue weighted by Crippen LogP contribution is -2.41. The van der Waals surface area contributed by atoms with E-state index in [9.17, 15) is 27.9 Å². The van der Waals surface area contributed by atoms with Crippen LogP contribution in [0.2, 0.25) is 0 Å². The van der Waals surface area contributed by atoms with Gasteiger partial charge in [0.2, 0.25) is 0 Å². The number of carboxylic acids is 1. The molecule has 3 aromatic carbocycles. The Kier molecular flexibility index (Phi) is 9.80. The van der Waals surface area contributed by atoms with Gasteiger partial charge in [-0.2, -0.15) is 24.9 Å². The summed E-state index contributed by atoms with van der Waals surface area (Å²) in [6, 6.07) is 19.7. The van der Waals surface area contributed by atoms with Gasteiger partial charge in [-0.3, -0.25) is 4.79 Å². The summed E-state index contributed by atoms with van der Waals surface area (Å²) >= 11 is 1.50. The Morgan fingerprint density at radius 2 is 1.71 bits per heavy atom. The third-order valence-corrected chi connectivity index (χ3v) is 7.50. The maximum atomic E-state index is 13.4. The molecule has 4 rings (SSSR count). The predicted octanol–water partition coefficient (Wildman–Crippen LogP) is 7.61. The summed E-state index contributed by atoms with van der Waals surface area (Å²) in [6.07, 6.45) is -2.98. The maximum Gasteiger partial charge on any atom is 0.416 e. The highest BCUT2D eigenvalue weighted by Gasteiger charge is 2.30. The third kappa shape index (κ3) is 7.06. The van der Waals surface area contributed by atoms with Gasteiger partial charge in [0.05, 0.1) is 5.56 Å². The number of carbonyl (C=O) groups is 2. The Bertz CT molecular complexity index is 1550. The van der Waals surface area contributed by atoms with Crippen LogP contribution in [0.15, 0.2) is 83.3 Å². The largest absolute Gasteiger partial charge is 0.480 e. The summed E-state index contributed by atoms with van der Waals surface area (Å²) in [5.41, 5.74) is 3.00. The Morgan fingerprint density at radius 3 is 2.33 bits per heavy atom. The van der Waals surface area contributed by atoms with Crippen LogP contribution in [-0.2, 0) is 15.7 Å². The molecule has 220 valence electrons. The molecule has 0 fully saturated rings. The van der Waals surface area contributed by atoms with Crippen molar-refractivity contribution in [1.82, 2.24) is 5.32 Å². The van der Waals surface area contributed by atoms with E-state index in [4.69, 9.17) is 9.15 Å². The fraction of sp³-hybridized carbons (Fsp3) is 0.250. The van der Waals surface area contributed by atoms with E-state index in [0.717, 1.165) is 23.3 Å². The molecule has 0 bridgehead atoms. The number of furan rings is 1. The highest BCUT2D eigenvalue weighted by atomic mass is 32.2. The molecule has 1 heterocycles. The molecule has 10 heteroatoms. The van der Waals surface area contributed by atoms with E-state index >= 15 is 0 Å². The normalized spacial score (nSPS) is 13.0. The molecule has 1 aromatic heterocycles. The summed E-state index contributed by atoms with van der Waals surface area (Å²) in [4.78, 5) is 25.2. The Balaban J connectivity index is 1.70. The zero-order valence-electron chi connectivity index (χ0n) is 23.2. The SMILES string of the molecule is COC(c1ccc(C(=O)NC(CCSC)C(=O)O)c(-c2ccccc2C)c1)c1ccc(-c2ccc(C(F)(F)F)cc2)o1. The van der Waals surface area contributed by atoms with Crippen LogP contribution < -0.4 is 5.32 Å². The minimum atomic E-state index is -4.44. The van der Waals surface area contributed by atoms with Gasteiger partial charge in [-0.1, -0.05) is 42.5 Å². The zero-order valence-corrected chi connectivity index (χ0v) is 24.0. The number of amides is 1. The summed E-state index contributed by atoms with van der Waals surface area (Å²) in [7, 11) is 1.50. The lowest BCUT2D eigenvalue weighted by molar-refractivity contribution is -0.139. The van der Waals surface area contributed by atoms with Crippen LogP contribution in [0.25, 0.3) is 22.5 Å². The molecule has 0 saturated carbocycles. The van der Waals surface area contributed by atoms with Gasteiger partial charge in [0.15, 0.2) is 0 Å². The minimum Gasteiger partial charge on any atom is -0.480 e. The van der Waals surface area contributed by atoms with Gasteiger partial charge in [0.25, 0.3) is 5.91 Å². The first-order chi connectivity index (χ1) is 20.0. The smallest absolute Gasteiger partial charge is 0.416 e. The fourth-order valence-corrected chi connectivity index (χ4v) is 5.11. The quantitative estimate of drug-likeness (QED) is 0.185.